The Morgan fingerprint density at radius 1 is 1.71 bits per heavy atom. The molecule has 17 heavy (non-hydrogen) atoms. The van der Waals surface area contributed by atoms with Gasteiger partial charge in [-0.3, -0.25) is 9.78 Å². The summed E-state index contributed by atoms with van der Waals surface area (Å²) in [6.45, 7) is 1.76. The molecule has 92 valence electrons. The number of likely N-dealkylation sites (N-methyl/N-ethyl adjacent to an activating group) is 1. The summed E-state index contributed by atoms with van der Waals surface area (Å²) < 4.78 is 0. The van der Waals surface area contributed by atoms with Gasteiger partial charge in [0.05, 0.1) is 10.6 Å². The predicted molar refractivity (Wildman–Crippen MR) is 67.2 cm³/mol. The van der Waals surface area contributed by atoms with Gasteiger partial charge in [0, 0.05) is 32.0 Å². The second kappa shape index (κ2) is 5.47. The Balaban J connectivity index is 2.01. The lowest BCUT2D eigenvalue weighted by Crippen LogP contribution is -2.38. The van der Waals surface area contributed by atoms with E-state index in [4.69, 9.17) is 11.6 Å². The van der Waals surface area contributed by atoms with Crippen molar-refractivity contribution in [1.29, 1.82) is 0 Å². The fourth-order valence-electron chi connectivity index (χ4n) is 2.08. The summed E-state index contributed by atoms with van der Waals surface area (Å²) >= 11 is 5.95. The maximum absolute atomic E-state index is 12.1. The van der Waals surface area contributed by atoms with E-state index in [1.807, 2.05) is 0 Å². The predicted octanol–water partition coefficient (Wildman–Crippen LogP) is 1.56. The summed E-state index contributed by atoms with van der Waals surface area (Å²) in [5, 5.41) is 3.78. The number of hydrogen-bond donors (Lipinski definition) is 1. The summed E-state index contributed by atoms with van der Waals surface area (Å²) in [4.78, 5) is 17.7. The molecule has 0 spiro atoms. The summed E-state index contributed by atoms with van der Waals surface area (Å²) in [6, 6.07) is 2.06. The van der Waals surface area contributed by atoms with Crippen molar-refractivity contribution in [2.24, 2.45) is 0 Å². The third kappa shape index (κ3) is 2.96. The van der Waals surface area contributed by atoms with Gasteiger partial charge in [-0.1, -0.05) is 11.6 Å². The van der Waals surface area contributed by atoms with Crippen LogP contribution < -0.4 is 5.32 Å². The highest BCUT2D eigenvalue weighted by Crippen LogP contribution is 2.16. The number of rotatable bonds is 3. The van der Waals surface area contributed by atoms with Crippen molar-refractivity contribution in [3.05, 3.63) is 29.0 Å². The van der Waals surface area contributed by atoms with Crippen LogP contribution in [0.3, 0.4) is 0 Å². The number of carbonyl (C=O) groups is 1. The van der Waals surface area contributed by atoms with Gasteiger partial charge in [0.2, 0.25) is 0 Å². The number of aromatic nitrogens is 1. The van der Waals surface area contributed by atoms with Crippen LogP contribution in [0.5, 0.6) is 0 Å². The Hall–Kier alpha value is -1.13. The minimum atomic E-state index is -0.0499. The third-order valence-electron chi connectivity index (χ3n) is 3.01. The molecule has 1 saturated heterocycles. The topological polar surface area (TPSA) is 45.2 Å². The monoisotopic (exact) mass is 253 g/mol. The van der Waals surface area contributed by atoms with Crippen LogP contribution in [0.4, 0.5) is 0 Å². The molecule has 1 amide bonds. The molecular formula is C12H16ClN3O. The smallest absolute Gasteiger partial charge is 0.255 e. The zero-order chi connectivity index (χ0) is 12.3. The molecular weight excluding hydrogens is 238 g/mol. The van der Waals surface area contributed by atoms with Gasteiger partial charge in [-0.15, -0.1) is 0 Å². The molecule has 1 N–H and O–H groups in total. The number of amides is 1. The number of halogens is 1. The van der Waals surface area contributed by atoms with Crippen LogP contribution >= 0.6 is 11.6 Å². The maximum atomic E-state index is 12.1. The van der Waals surface area contributed by atoms with Gasteiger partial charge in [0.25, 0.3) is 5.91 Å². The molecule has 2 heterocycles. The van der Waals surface area contributed by atoms with E-state index in [2.05, 4.69) is 10.3 Å². The zero-order valence-electron chi connectivity index (χ0n) is 9.82. The summed E-state index contributed by atoms with van der Waals surface area (Å²) in [6.07, 6.45) is 5.39. The summed E-state index contributed by atoms with van der Waals surface area (Å²) in [7, 11) is 1.80. The Labute approximate surface area is 106 Å². The molecule has 1 unspecified atom stereocenters. The van der Waals surface area contributed by atoms with Crippen molar-refractivity contribution in [3.8, 4) is 0 Å². The van der Waals surface area contributed by atoms with Crippen LogP contribution in [-0.4, -0.2) is 42.0 Å². The van der Waals surface area contributed by atoms with Crippen molar-refractivity contribution in [2.75, 3.05) is 20.1 Å². The second-order valence-corrected chi connectivity index (χ2v) is 4.74. The van der Waals surface area contributed by atoms with Crippen LogP contribution in [-0.2, 0) is 0 Å². The molecule has 1 fully saturated rings. The fourth-order valence-corrected chi connectivity index (χ4v) is 2.28. The van der Waals surface area contributed by atoms with Gasteiger partial charge in [0.1, 0.15) is 0 Å². The lowest BCUT2D eigenvalue weighted by molar-refractivity contribution is 0.0784. The molecule has 4 nitrogen and oxygen atoms in total. The van der Waals surface area contributed by atoms with Crippen LogP contribution in [0, 0.1) is 0 Å². The number of pyridine rings is 1. The fraction of sp³-hybridized carbons (Fsp3) is 0.500. The van der Waals surface area contributed by atoms with Gasteiger partial charge in [0.15, 0.2) is 0 Å². The van der Waals surface area contributed by atoms with E-state index in [0.29, 0.717) is 16.6 Å². The van der Waals surface area contributed by atoms with Crippen LogP contribution in [0.1, 0.15) is 23.2 Å². The average Bonchev–Trinajstić information content (AvgIpc) is 2.81. The normalized spacial score (nSPS) is 19.3. The lowest BCUT2D eigenvalue weighted by atomic mass is 10.2. The van der Waals surface area contributed by atoms with E-state index in [1.54, 1.807) is 24.2 Å². The third-order valence-corrected chi connectivity index (χ3v) is 3.31. The lowest BCUT2D eigenvalue weighted by Gasteiger charge is -2.21. The van der Waals surface area contributed by atoms with Crippen molar-refractivity contribution in [3.63, 3.8) is 0 Å². The average molecular weight is 254 g/mol. The van der Waals surface area contributed by atoms with Crippen molar-refractivity contribution in [2.45, 2.75) is 18.9 Å². The zero-order valence-corrected chi connectivity index (χ0v) is 10.6. The number of nitrogens with zero attached hydrogens (tertiary/aromatic N) is 2. The van der Waals surface area contributed by atoms with Crippen LogP contribution in [0.15, 0.2) is 18.5 Å². The quantitative estimate of drug-likeness (QED) is 0.889. The van der Waals surface area contributed by atoms with Crippen molar-refractivity contribution >= 4 is 17.5 Å². The Bertz CT molecular complexity index is 404. The first-order valence-corrected chi connectivity index (χ1v) is 6.14. The van der Waals surface area contributed by atoms with Crippen molar-refractivity contribution < 1.29 is 4.79 Å². The van der Waals surface area contributed by atoms with Crippen LogP contribution in [0.25, 0.3) is 0 Å². The molecule has 1 atom stereocenters. The minimum absolute atomic E-state index is 0.0499. The molecule has 0 aromatic carbocycles. The number of hydrogen-bond acceptors (Lipinski definition) is 3. The second-order valence-electron chi connectivity index (χ2n) is 4.33. The standard InChI is InChI=1S/C12H16ClN3O/c1-16(8-9-3-2-5-15-9)12(17)10-4-6-14-7-11(10)13/h4,6-7,9,15H,2-3,5,8H2,1H3. The highest BCUT2D eigenvalue weighted by Gasteiger charge is 2.20. The first-order chi connectivity index (χ1) is 8.18. The van der Waals surface area contributed by atoms with Gasteiger partial charge >= 0.3 is 0 Å². The Morgan fingerprint density at radius 3 is 3.18 bits per heavy atom. The van der Waals surface area contributed by atoms with Gasteiger partial charge in [-0.25, -0.2) is 0 Å². The van der Waals surface area contributed by atoms with E-state index in [-0.39, 0.29) is 5.91 Å². The molecule has 1 aromatic heterocycles. The highest BCUT2D eigenvalue weighted by molar-refractivity contribution is 6.33. The maximum Gasteiger partial charge on any atom is 0.255 e. The van der Waals surface area contributed by atoms with Gasteiger partial charge in [-0.05, 0) is 25.5 Å². The van der Waals surface area contributed by atoms with Crippen LogP contribution in [0.2, 0.25) is 5.02 Å². The largest absolute Gasteiger partial charge is 0.340 e. The molecule has 2 rings (SSSR count). The molecule has 0 aliphatic carbocycles. The van der Waals surface area contributed by atoms with E-state index < -0.39 is 0 Å². The molecule has 0 bridgehead atoms. The Kier molecular flexibility index (Phi) is 3.97. The SMILES string of the molecule is CN(CC1CCCN1)C(=O)c1ccncc1Cl. The molecule has 1 aromatic rings. The molecule has 1 aliphatic heterocycles. The van der Waals surface area contributed by atoms with E-state index in [9.17, 15) is 4.79 Å². The van der Waals surface area contributed by atoms with E-state index >= 15 is 0 Å². The molecule has 0 radical (unpaired) electrons. The molecule has 5 heteroatoms. The number of carbonyl (C=O) groups excluding carboxylic acids is 1. The number of nitrogens with one attached hydrogen (secondary N) is 1. The first-order valence-electron chi connectivity index (χ1n) is 5.77. The Morgan fingerprint density at radius 2 is 2.53 bits per heavy atom. The van der Waals surface area contributed by atoms with E-state index in [0.717, 1.165) is 19.5 Å². The minimum Gasteiger partial charge on any atom is -0.340 e. The molecule has 0 saturated carbocycles. The van der Waals surface area contributed by atoms with Gasteiger partial charge in [-0.2, -0.15) is 0 Å². The summed E-state index contributed by atoms with van der Waals surface area (Å²) in [5.41, 5.74) is 0.516. The summed E-state index contributed by atoms with van der Waals surface area (Å²) in [5.74, 6) is -0.0499. The first kappa shape index (κ1) is 12.3. The highest BCUT2D eigenvalue weighted by atomic mass is 35.5. The van der Waals surface area contributed by atoms with Crippen molar-refractivity contribution in [1.82, 2.24) is 15.2 Å². The van der Waals surface area contributed by atoms with E-state index in [1.165, 1.54) is 12.6 Å². The van der Waals surface area contributed by atoms with Gasteiger partial charge < -0.3 is 10.2 Å². The molecule has 1 aliphatic rings.